The van der Waals surface area contributed by atoms with Crippen LogP contribution in [0.5, 0.6) is 0 Å². The summed E-state index contributed by atoms with van der Waals surface area (Å²) in [5.41, 5.74) is 5.13. The summed E-state index contributed by atoms with van der Waals surface area (Å²) >= 11 is 0. The lowest BCUT2D eigenvalue weighted by Gasteiger charge is -2.09. The molecule has 4 N–H and O–H groups in total. The molecule has 0 heterocycles. The topological polar surface area (TPSA) is 92.4 Å². The van der Waals surface area contributed by atoms with Gasteiger partial charge in [0, 0.05) is 6.04 Å². The Balaban J connectivity index is 3.77. The summed E-state index contributed by atoms with van der Waals surface area (Å²) in [6.45, 7) is 3.59. The van der Waals surface area contributed by atoms with Gasteiger partial charge in [0.05, 0.1) is 6.42 Å². The van der Waals surface area contributed by atoms with Gasteiger partial charge in [-0.2, -0.15) is 0 Å². The van der Waals surface area contributed by atoms with Gasteiger partial charge >= 0.3 is 5.97 Å². The number of carbonyl (C=O) groups excluding carboxylic acids is 1. The summed E-state index contributed by atoms with van der Waals surface area (Å²) in [5, 5.41) is 10.9. The lowest BCUT2D eigenvalue weighted by molar-refractivity contribution is -0.140. The number of carbonyl (C=O) groups is 2. The average Bonchev–Trinajstić information content (AvgIpc) is 1.84. The van der Waals surface area contributed by atoms with Gasteiger partial charge in [-0.1, -0.05) is 0 Å². The predicted molar refractivity (Wildman–Crippen MR) is 43.5 cm³/mol. The van der Waals surface area contributed by atoms with E-state index in [1.54, 1.807) is 13.8 Å². The van der Waals surface area contributed by atoms with Gasteiger partial charge in [0.2, 0.25) is 5.91 Å². The van der Waals surface area contributed by atoms with Gasteiger partial charge in [0.1, 0.15) is 6.04 Å². The third-order valence-electron chi connectivity index (χ3n) is 1.17. The number of amides is 1. The Labute approximate surface area is 70.9 Å². The van der Waals surface area contributed by atoms with Crippen molar-refractivity contribution in [2.45, 2.75) is 32.4 Å². The van der Waals surface area contributed by atoms with Crippen molar-refractivity contribution in [2.75, 3.05) is 0 Å². The Morgan fingerprint density at radius 1 is 1.50 bits per heavy atom. The monoisotopic (exact) mass is 174 g/mol. The number of nitrogens with one attached hydrogen (secondary N) is 1. The predicted octanol–water partition coefficient (Wildman–Crippen LogP) is -0.687. The van der Waals surface area contributed by atoms with Crippen LogP contribution < -0.4 is 11.1 Å². The van der Waals surface area contributed by atoms with Crippen LogP contribution in [0, 0.1) is 0 Å². The molecular formula is C7H14N2O3. The Hall–Kier alpha value is -1.10. The van der Waals surface area contributed by atoms with E-state index in [9.17, 15) is 9.59 Å². The number of carboxylic acid groups (broad SMARTS) is 1. The molecule has 0 saturated carbocycles. The van der Waals surface area contributed by atoms with Crippen molar-refractivity contribution in [2.24, 2.45) is 5.73 Å². The number of rotatable bonds is 4. The van der Waals surface area contributed by atoms with E-state index in [1.807, 2.05) is 0 Å². The lowest BCUT2D eigenvalue weighted by Crippen LogP contribution is -2.39. The van der Waals surface area contributed by atoms with Crippen LogP contribution in [0.25, 0.3) is 0 Å². The Kier molecular flexibility index (Phi) is 4.28. The van der Waals surface area contributed by atoms with Crippen LogP contribution in [-0.4, -0.2) is 29.1 Å². The van der Waals surface area contributed by atoms with Crippen molar-refractivity contribution in [1.29, 1.82) is 0 Å². The summed E-state index contributed by atoms with van der Waals surface area (Å²) in [7, 11) is 0. The SMILES string of the molecule is CC(C)NC(=O)C[C@@H](N)C(=O)O. The van der Waals surface area contributed by atoms with Crippen LogP contribution in [0.2, 0.25) is 0 Å². The molecule has 0 rings (SSSR count). The fourth-order valence-corrected chi connectivity index (χ4v) is 0.668. The molecule has 0 aromatic rings. The van der Waals surface area contributed by atoms with E-state index in [1.165, 1.54) is 0 Å². The van der Waals surface area contributed by atoms with Crippen LogP contribution in [0.3, 0.4) is 0 Å². The first-order valence-electron chi connectivity index (χ1n) is 3.71. The van der Waals surface area contributed by atoms with E-state index in [4.69, 9.17) is 10.8 Å². The minimum atomic E-state index is -1.16. The molecule has 0 bridgehead atoms. The van der Waals surface area contributed by atoms with Gasteiger partial charge < -0.3 is 16.2 Å². The highest BCUT2D eigenvalue weighted by Gasteiger charge is 2.16. The largest absolute Gasteiger partial charge is 0.480 e. The van der Waals surface area contributed by atoms with Crippen molar-refractivity contribution >= 4 is 11.9 Å². The maximum atomic E-state index is 10.9. The first-order chi connectivity index (χ1) is 5.43. The van der Waals surface area contributed by atoms with Crippen molar-refractivity contribution in [3.8, 4) is 0 Å². The molecule has 5 nitrogen and oxygen atoms in total. The number of hydrogen-bond acceptors (Lipinski definition) is 3. The second-order valence-electron chi connectivity index (χ2n) is 2.87. The summed E-state index contributed by atoms with van der Waals surface area (Å²) in [6, 6.07) is -1.10. The highest BCUT2D eigenvalue weighted by molar-refractivity contribution is 5.84. The second kappa shape index (κ2) is 4.71. The summed E-state index contributed by atoms with van der Waals surface area (Å²) in [4.78, 5) is 21.1. The first kappa shape index (κ1) is 10.9. The molecule has 1 atom stereocenters. The van der Waals surface area contributed by atoms with Gasteiger partial charge in [-0.15, -0.1) is 0 Å². The third kappa shape index (κ3) is 4.68. The molecule has 5 heteroatoms. The highest BCUT2D eigenvalue weighted by Crippen LogP contribution is 1.89. The standard InChI is InChI=1S/C7H14N2O3/c1-4(2)9-6(10)3-5(8)7(11)12/h4-5H,3,8H2,1-2H3,(H,9,10)(H,11,12)/t5-/m1/s1. The van der Waals surface area contributed by atoms with Gasteiger partial charge in [-0.25, -0.2) is 0 Å². The van der Waals surface area contributed by atoms with Crippen molar-refractivity contribution in [1.82, 2.24) is 5.32 Å². The van der Waals surface area contributed by atoms with E-state index < -0.39 is 12.0 Å². The molecular weight excluding hydrogens is 160 g/mol. The molecule has 0 aromatic heterocycles. The maximum Gasteiger partial charge on any atom is 0.321 e. The zero-order valence-corrected chi connectivity index (χ0v) is 7.20. The Bertz CT molecular complexity index is 179. The molecule has 70 valence electrons. The number of carboxylic acids is 1. The number of hydrogen-bond donors (Lipinski definition) is 3. The van der Waals surface area contributed by atoms with E-state index in [-0.39, 0.29) is 18.4 Å². The van der Waals surface area contributed by atoms with E-state index in [0.717, 1.165) is 0 Å². The molecule has 0 aliphatic carbocycles. The zero-order valence-electron chi connectivity index (χ0n) is 7.20. The summed E-state index contributed by atoms with van der Waals surface area (Å²) < 4.78 is 0. The molecule has 0 fully saturated rings. The van der Waals surface area contributed by atoms with Gasteiger partial charge in [0.15, 0.2) is 0 Å². The minimum Gasteiger partial charge on any atom is -0.480 e. The molecule has 12 heavy (non-hydrogen) atoms. The lowest BCUT2D eigenvalue weighted by atomic mass is 10.2. The number of aliphatic carboxylic acids is 1. The van der Waals surface area contributed by atoms with Crippen LogP contribution in [0.15, 0.2) is 0 Å². The summed E-state index contributed by atoms with van der Waals surface area (Å²) in [6.07, 6.45) is -0.173. The smallest absolute Gasteiger partial charge is 0.321 e. The molecule has 0 radical (unpaired) electrons. The first-order valence-corrected chi connectivity index (χ1v) is 3.71. The Morgan fingerprint density at radius 2 is 2.00 bits per heavy atom. The second-order valence-corrected chi connectivity index (χ2v) is 2.87. The molecule has 0 aliphatic rings. The van der Waals surface area contributed by atoms with Gasteiger partial charge in [-0.05, 0) is 13.8 Å². The maximum absolute atomic E-state index is 10.9. The van der Waals surface area contributed by atoms with E-state index in [0.29, 0.717) is 0 Å². The van der Waals surface area contributed by atoms with Crippen molar-refractivity contribution < 1.29 is 14.7 Å². The van der Waals surface area contributed by atoms with Crippen molar-refractivity contribution in [3.63, 3.8) is 0 Å². The molecule has 0 saturated heterocycles. The Morgan fingerprint density at radius 3 is 2.33 bits per heavy atom. The summed E-state index contributed by atoms with van der Waals surface area (Å²) in [5.74, 6) is -1.49. The average molecular weight is 174 g/mol. The molecule has 0 spiro atoms. The van der Waals surface area contributed by atoms with E-state index in [2.05, 4.69) is 5.32 Å². The van der Waals surface area contributed by atoms with Crippen LogP contribution >= 0.6 is 0 Å². The molecule has 0 aromatic carbocycles. The van der Waals surface area contributed by atoms with Crippen LogP contribution in [0.4, 0.5) is 0 Å². The molecule has 0 aliphatic heterocycles. The molecule has 1 amide bonds. The van der Waals surface area contributed by atoms with Crippen LogP contribution in [0.1, 0.15) is 20.3 Å². The van der Waals surface area contributed by atoms with E-state index >= 15 is 0 Å². The number of nitrogens with two attached hydrogens (primary N) is 1. The fourth-order valence-electron chi connectivity index (χ4n) is 0.668. The normalized spacial score (nSPS) is 12.7. The minimum absolute atomic E-state index is 0.0125. The zero-order chi connectivity index (χ0) is 9.72. The highest BCUT2D eigenvalue weighted by atomic mass is 16.4. The molecule has 0 unspecified atom stereocenters. The quantitative estimate of drug-likeness (QED) is 0.526. The fraction of sp³-hybridized carbons (Fsp3) is 0.714. The van der Waals surface area contributed by atoms with Crippen LogP contribution in [-0.2, 0) is 9.59 Å². The van der Waals surface area contributed by atoms with Gasteiger partial charge in [0.25, 0.3) is 0 Å². The van der Waals surface area contributed by atoms with Gasteiger partial charge in [-0.3, -0.25) is 9.59 Å². The third-order valence-corrected chi connectivity index (χ3v) is 1.17. The van der Waals surface area contributed by atoms with Crippen molar-refractivity contribution in [3.05, 3.63) is 0 Å².